The molecular weight excluding hydrogens is 204 g/mol. The quantitative estimate of drug-likeness (QED) is 0.728. The Balaban J connectivity index is 3.32. The number of Topliss-reactive ketones (excluding diaryl/α,β-unsaturated/α-hetero) is 1. The zero-order valence-corrected chi connectivity index (χ0v) is 10.9. The zero-order valence-electron chi connectivity index (χ0n) is 10.1. The number of aryl methyl sites for hydroxylation is 2. The largest absolute Gasteiger partial charge is 0.293 e. The second-order valence-corrected chi connectivity index (χ2v) is 4.86. The van der Waals surface area contributed by atoms with Crippen LogP contribution < -0.4 is 0 Å². The second-order valence-electron chi connectivity index (χ2n) is 3.99. The molecule has 0 amide bonds. The normalized spacial score (nSPS) is 10.5. The van der Waals surface area contributed by atoms with Gasteiger partial charge in [0.1, 0.15) is 0 Å². The van der Waals surface area contributed by atoms with Crippen molar-refractivity contribution in [1.82, 2.24) is 0 Å². The SMILES string of the molecule is CSCC(=O)c1c(C)c(C)cc(C)c1C. The summed E-state index contributed by atoms with van der Waals surface area (Å²) in [4.78, 5) is 12.0. The zero-order chi connectivity index (χ0) is 11.6. The third-order valence-corrected chi connectivity index (χ3v) is 3.47. The molecule has 15 heavy (non-hydrogen) atoms. The smallest absolute Gasteiger partial charge is 0.173 e. The Morgan fingerprint density at radius 1 is 1.13 bits per heavy atom. The molecule has 1 nitrogen and oxygen atoms in total. The lowest BCUT2D eigenvalue weighted by atomic mass is 9.92. The topological polar surface area (TPSA) is 17.1 Å². The Hall–Kier alpha value is -0.760. The van der Waals surface area contributed by atoms with E-state index in [2.05, 4.69) is 19.9 Å². The summed E-state index contributed by atoms with van der Waals surface area (Å²) in [6.07, 6.45) is 1.96. The Kier molecular flexibility index (Phi) is 3.97. The monoisotopic (exact) mass is 222 g/mol. The van der Waals surface area contributed by atoms with E-state index in [9.17, 15) is 4.79 Å². The fraction of sp³-hybridized carbons (Fsp3) is 0.462. The van der Waals surface area contributed by atoms with Crippen molar-refractivity contribution in [3.05, 3.63) is 33.9 Å². The van der Waals surface area contributed by atoms with E-state index in [0.717, 1.165) is 16.7 Å². The van der Waals surface area contributed by atoms with E-state index < -0.39 is 0 Å². The molecule has 0 atom stereocenters. The van der Waals surface area contributed by atoms with Crippen molar-refractivity contribution < 1.29 is 4.79 Å². The number of rotatable bonds is 3. The van der Waals surface area contributed by atoms with Crippen LogP contribution in [0.1, 0.15) is 32.6 Å². The van der Waals surface area contributed by atoms with E-state index in [1.807, 2.05) is 20.1 Å². The highest BCUT2D eigenvalue weighted by atomic mass is 32.2. The third-order valence-electron chi connectivity index (χ3n) is 2.92. The van der Waals surface area contributed by atoms with Crippen LogP contribution in [0.25, 0.3) is 0 Å². The number of carbonyl (C=O) groups is 1. The Morgan fingerprint density at radius 3 is 2.00 bits per heavy atom. The predicted molar refractivity (Wildman–Crippen MR) is 68.1 cm³/mol. The van der Waals surface area contributed by atoms with Crippen molar-refractivity contribution in [2.45, 2.75) is 27.7 Å². The summed E-state index contributed by atoms with van der Waals surface area (Å²) < 4.78 is 0. The van der Waals surface area contributed by atoms with Crippen LogP contribution in [-0.4, -0.2) is 17.8 Å². The van der Waals surface area contributed by atoms with Crippen molar-refractivity contribution >= 4 is 17.5 Å². The van der Waals surface area contributed by atoms with E-state index in [0.29, 0.717) is 5.75 Å². The molecule has 82 valence electrons. The number of hydrogen-bond donors (Lipinski definition) is 0. The van der Waals surface area contributed by atoms with Crippen LogP contribution in [0.15, 0.2) is 6.07 Å². The molecular formula is C13H18OS. The van der Waals surface area contributed by atoms with Crippen molar-refractivity contribution in [2.24, 2.45) is 0 Å². The lowest BCUT2D eigenvalue weighted by Gasteiger charge is -2.13. The number of carbonyl (C=O) groups excluding carboxylic acids is 1. The van der Waals surface area contributed by atoms with Gasteiger partial charge in [-0.2, -0.15) is 11.8 Å². The van der Waals surface area contributed by atoms with Crippen molar-refractivity contribution in [1.29, 1.82) is 0 Å². The lowest BCUT2D eigenvalue weighted by Crippen LogP contribution is -2.09. The molecule has 0 spiro atoms. The Morgan fingerprint density at radius 2 is 1.60 bits per heavy atom. The van der Waals surface area contributed by atoms with Crippen LogP contribution in [0.5, 0.6) is 0 Å². The van der Waals surface area contributed by atoms with E-state index >= 15 is 0 Å². The highest BCUT2D eigenvalue weighted by molar-refractivity contribution is 7.99. The summed E-state index contributed by atoms with van der Waals surface area (Å²) >= 11 is 1.58. The van der Waals surface area contributed by atoms with Crippen molar-refractivity contribution in [3.8, 4) is 0 Å². The van der Waals surface area contributed by atoms with Crippen LogP contribution in [0.2, 0.25) is 0 Å². The maximum atomic E-state index is 12.0. The van der Waals surface area contributed by atoms with Gasteiger partial charge in [0, 0.05) is 5.56 Å². The molecule has 0 aliphatic rings. The van der Waals surface area contributed by atoms with Gasteiger partial charge in [0.05, 0.1) is 5.75 Å². The van der Waals surface area contributed by atoms with E-state index in [1.54, 1.807) is 11.8 Å². The lowest BCUT2D eigenvalue weighted by molar-refractivity contribution is 0.102. The molecule has 1 aromatic carbocycles. The molecule has 2 heteroatoms. The first-order valence-corrected chi connectivity index (χ1v) is 6.48. The maximum absolute atomic E-state index is 12.0. The standard InChI is InChI=1S/C13H18OS/c1-8-6-9(2)11(4)13(10(8)3)12(14)7-15-5/h6H,7H2,1-5H3. The van der Waals surface area contributed by atoms with E-state index in [4.69, 9.17) is 0 Å². The Bertz CT molecular complexity index is 368. The third kappa shape index (κ3) is 2.43. The molecule has 0 aromatic heterocycles. The average Bonchev–Trinajstić information content (AvgIpc) is 2.16. The molecule has 0 saturated heterocycles. The van der Waals surface area contributed by atoms with Gasteiger partial charge in [-0.1, -0.05) is 6.07 Å². The van der Waals surface area contributed by atoms with Crippen LogP contribution in [0, 0.1) is 27.7 Å². The summed E-state index contributed by atoms with van der Waals surface area (Å²) in [6.45, 7) is 8.21. The molecule has 0 N–H and O–H groups in total. The molecule has 1 aromatic rings. The minimum absolute atomic E-state index is 0.254. The maximum Gasteiger partial charge on any atom is 0.173 e. The molecule has 0 heterocycles. The van der Waals surface area contributed by atoms with Gasteiger partial charge < -0.3 is 0 Å². The van der Waals surface area contributed by atoms with Crippen LogP contribution in [0.3, 0.4) is 0 Å². The van der Waals surface area contributed by atoms with Crippen LogP contribution in [0.4, 0.5) is 0 Å². The first-order chi connectivity index (χ1) is 6.99. The van der Waals surface area contributed by atoms with E-state index in [1.165, 1.54) is 11.1 Å². The number of hydrogen-bond acceptors (Lipinski definition) is 2. The van der Waals surface area contributed by atoms with Gasteiger partial charge in [0.15, 0.2) is 5.78 Å². The summed E-state index contributed by atoms with van der Waals surface area (Å²) in [5.41, 5.74) is 5.63. The highest BCUT2D eigenvalue weighted by Gasteiger charge is 2.14. The molecule has 0 aliphatic heterocycles. The summed E-state index contributed by atoms with van der Waals surface area (Å²) in [7, 11) is 0. The van der Waals surface area contributed by atoms with Gasteiger partial charge in [0.25, 0.3) is 0 Å². The van der Waals surface area contributed by atoms with E-state index in [-0.39, 0.29) is 5.78 Å². The number of benzene rings is 1. The number of thioether (sulfide) groups is 1. The second kappa shape index (κ2) is 4.84. The summed E-state index contributed by atoms with van der Waals surface area (Å²) in [6, 6.07) is 2.15. The van der Waals surface area contributed by atoms with Gasteiger partial charge in [-0.15, -0.1) is 0 Å². The van der Waals surface area contributed by atoms with Gasteiger partial charge in [-0.05, 0) is 56.2 Å². The highest BCUT2D eigenvalue weighted by Crippen LogP contribution is 2.22. The van der Waals surface area contributed by atoms with Crippen LogP contribution in [-0.2, 0) is 0 Å². The summed E-state index contributed by atoms with van der Waals surface area (Å²) in [5.74, 6) is 0.828. The average molecular weight is 222 g/mol. The molecule has 0 bridgehead atoms. The predicted octanol–water partition coefficient (Wildman–Crippen LogP) is 3.47. The number of ketones is 1. The van der Waals surface area contributed by atoms with Crippen molar-refractivity contribution in [2.75, 3.05) is 12.0 Å². The van der Waals surface area contributed by atoms with Gasteiger partial charge >= 0.3 is 0 Å². The van der Waals surface area contributed by atoms with Crippen LogP contribution >= 0.6 is 11.8 Å². The molecule has 0 fully saturated rings. The minimum atomic E-state index is 0.254. The fourth-order valence-corrected chi connectivity index (χ4v) is 2.24. The Labute approximate surface area is 96.3 Å². The van der Waals surface area contributed by atoms with Gasteiger partial charge in [-0.25, -0.2) is 0 Å². The first-order valence-electron chi connectivity index (χ1n) is 5.08. The first kappa shape index (κ1) is 12.3. The minimum Gasteiger partial charge on any atom is -0.293 e. The van der Waals surface area contributed by atoms with Gasteiger partial charge in [0.2, 0.25) is 0 Å². The molecule has 0 unspecified atom stereocenters. The fourth-order valence-electron chi connectivity index (χ4n) is 1.84. The van der Waals surface area contributed by atoms with Gasteiger partial charge in [-0.3, -0.25) is 4.79 Å². The molecule has 1 rings (SSSR count). The van der Waals surface area contributed by atoms with Crippen molar-refractivity contribution in [3.63, 3.8) is 0 Å². The molecule has 0 aliphatic carbocycles. The molecule has 0 saturated carbocycles. The summed E-state index contributed by atoms with van der Waals surface area (Å²) in [5, 5.41) is 0. The molecule has 0 radical (unpaired) electrons.